The molecule has 2 amide bonds. The number of carbonyl (C=O) groups is 2. The Labute approximate surface area is 150 Å². The number of benzene rings is 1. The van der Waals surface area contributed by atoms with Crippen molar-refractivity contribution in [2.75, 3.05) is 11.9 Å². The van der Waals surface area contributed by atoms with Gasteiger partial charge in [0.25, 0.3) is 0 Å². The van der Waals surface area contributed by atoms with Crippen LogP contribution in [0.15, 0.2) is 24.3 Å². The van der Waals surface area contributed by atoms with Gasteiger partial charge in [-0.25, -0.2) is 0 Å². The van der Waals surface area contributed by atoms with Crippen LogP contribution in [0.3, 0.4) is 0 Å². The molecule has 140 valence electrons. The number of unbranched alkanes of at least 4 members (excludes halogenated alkanes) is 1. The molecule has 6 nitrogen and oxygen atoms in total. The topological polar surface area (TPSA) is 104 Å². The first kappa shape index (κ1) is 21.1. The highest BCUT2D eigenvalue weighted by atomic mass is 16.3. The average molecular weight is 349 g/mol. The quantitative estimate of drug-likeness (QED) is 0.485. The Morgan fingerprint density at radius 3 is 2.24 bits per heavy atom. The number of anilines is 1. The van der Waals surface area contributed by atoms with Crippen LogP contribution in [0, 0.1) is 11.8 Å². The molecule has 0 aliphatic carbocycles. The largest absolute Gasteiger partial charge is 0.392 e. The van der Waals surface area contributed by atoms with E-state index in [1.807, 2.05) is 20.8 Å². The molecule has 0 heterocycles. The number of aliphatic hydroxyl groups is 1. The van der Waals surface area contributed by atoms with Gasteiger partial charge in [-0.2, -0.15) is 0 Å². The molecular weight excluding hydrogens is 318 g/mol. The van der Waals surface area contributed by atoms with E-state index in [9.17, 15) is 9.59 Å². The normalized spacial score (nSPS) is 13.4. The molecule has 6 heteroatoms. The van der Waals surface area contributed by atoms with Crippen LogP contribution in [-0.2, 0) is 16.2 Å². The number of nitrogens with two attached hydrogens (primary N) is 1. The van der Waals surface area contributed by atoms with Gasteiger partial charge in [-0.05, 0) is 49.4 Å². The van der Waals surface area contributed by atoms with Crippen LogP contribution < -0.4 is 16.4 Å². The van der Waals surface area contributed by atoms with E-state index in [-0.39, 0.29) is 30.3 Å². The lowest BCUT2D eigenvalue weighted by molar-refractivity contribution is -0.130. The van der Waals surface area contributed by atoms with Gasteiger partial charge in [-0.3, -0.25) is 9.59 Å². The van der Waals surface area contributed by atoms with Gasteiger partial charge in [0.1, 0.15) is 6.04 Å². The fraction of sp³-hybridized carbons (Fsp3) is 0.579. The van der Waals surface area contributed by atoms with E-state index in [1.165, 1.54) is 0 Å². The SMILES string of the molecule is CC(C)[C@H](C)C(=O)N[C@@H](CCCCN)C(=O)Nc1ccc(CO)cc1. The minimum Gasteiger partial charge on any atom is -0.392 e. The van der Waals surface area contributed by atoms with E-state index in [2.05, 4.69) is 10.6 Å². The van der Waals surface area contributed by atoms with Crippen LogP contribution in [0.2, 0.25) is 0 Å². The zero-order valence-electron chi connectivity index (χ0n) is 15.4. The van der Waals surface area contributed by atoms with Gasteiger partial charge in [0.2, 0.25) is 11.8 Å². The first-order valence-corrected chi connectivity index (χ1v) is 8.90. The molecular formula is C19H31N3O3. The molecule has 0 aliphatic rings. The Bertz CT molecular complexity index is 543. The highest BCUT2D eigenvalue weighted by Crippen LogP contribution is 2.13. The Hall–Kier alpha value is -1.92. The zero-order chi connectivity index (χ0) is 18.8. The first-order chi connectivity index (χ1) is 11.9. The third-order valence-electron chi connectivity index (χ3n) is 4.40. The van der Waals surface area contributed by atoms with Gasteiger partial charge in [0, 0.05) is 11.6 Å². The number of hydrogen-bond donors (Lipinski definition) is 4. The summed E-state index contributed by atoms with van der Waals surface area (Å²) < 4.78 is 0. The second-order valence-corrected chi connectivity index (χ2v) is 6.72. The summed E-state index contributed by atoms with van der Waals surface area (Å²) >= 11 is 0. The molecule has 1 rings (SSSR count). The van der Waals surface area contributed by atoms with Crippen molar-refractivity contribution in [1.29, 1.82) is 0 Å². The van der Waals surface area contributed by atoms with E-state index in [0.29, 0.717) is 18.7 Å². The molecule has 0 saturated carbocycles. The van der Waals surface area contributed by atoms with Crippen LogP contribution in [0.1, 0.15) is 45.6 Å². The maximum Gasteiger partial charge on any atom is 0.246 e. The van der Waals surface area contributed by atoms with E-state index in [0.717, 1.165) is 18.4 Å². The number of aliphatic hydroxyl groups excluding tert-OH is 1. The molecule has 0 bridgehead atoms. The number of hydrogen-bond acceptors (Lipinski definition) is 4. The minimum absolute atomic E-state index is 0.0426. The molecule has 1 aromatic rings. The predicted molar refractivity (Wildman–Crippen MR) is 99.8 cm³/mol. The van der Waals surface area contributed by atoms with Crippen LogP contribution in [0.4, 0.5) is 5.69 Å². The van der Waals surface area contributed by atoms with Crippen molar-refractivity contribution in [2.24, 2.45) is 17.6 Å². The maximum absolute atomic E-state index is 12.6. The molecule has 0 saturated heterocycles. The molecule has 0 fully saturated rings. The van der Waals surface area contributed by atoms with Crippen molar-refractivity contribution in [3.63, 3.8) is 0 Å². The molecule has 1 aromatic carbocycles. The summed E-state index contributed by atoms with van der Waals surface area (Å²) in [6.45, 7) is 6.35. The van der Waals surface area contributed by atoms with E-state index < -0.39 is 6.04 Å². The summed E-state index contributed by atoms with van der Waals surface area (Å²) in [6.07, 6.45) is 2.13. The van der Waals surface area contributed by atoms with Gasteiger partial charge in [-0.15, -0.1) is 0 Å². The molecule has 5 N–H and O–H groups in total. The van der Waals surface area contributed by atoms with Gasteiger partial charge in [0.15, 0.2) is 0 Å². The van der Waals surface area contributed by atoms with Crippen LogP contribution in [0.25, 0.3) is 0 Å². The molecule has 0 spiro atoms. The van der Waals surface area contributed by atoms with Crippen LogP contribution >= 0.6 is 0 Å². The Balaban J connectivity index is 2.74. The van der Waals surface area contributed by atoms with Gasteiger partial charge >= 0.3 is 0 Å². The monoisotopic (exact) mass is 349 g/mol. The number of amides is 2. The smallest absolute Gasteiger partial charge is 0.246 e. The summed E-state index contributed by atoms with van der Waals surface area (Å²) in [5, 5.41) is 14.8. The lowest BCUT2D eigenvalue weighted by Gasteiger charge is -2.22. The zero-order valence-corrected chi connectivity index (χ0v) is 15.4. The van der Waals surface area contributed by atoms with Crippen LogP contribution in [0.5, 0.6) is 0 Å². The van der Waals surface area contributed by atoms with Crippen molar-refractivity contribution in [1.82, 2.24) is 5.32 Å². The molecule has 25 heavy (non-hydrogen) atoms. The predicted octanol–water partition coefficient (Wildman–Crippen LogP) is 2.02. The van der Waals surface area contributed by atoms with Crippen molar-refractivity contribution in [3.8, 4) is 0 Å². The maximum atomic E-state index is 12.6. The Kier molecular flexibility index (Phi) is 9.16. The summed E-state index contributed by atoms with van der Waals surface area (Å²) in [4.78, 5) is 24.9. The molecule has 0 unspecified atom stereocenters. The third-order valence-corrected chi connectivity index (χ3v) is 4.40. The van der Waals surface area contributed by atoms with Crippen molar-refractivity contribution >= 4 is 17.5 Å². The van der Waals surface area contributed by atoms with Crippen molar-refractivity contribution in [3.05, 3.63) is 29.8 Å². The molecule has 2 atom stereocenters. The van der Waals surface area contributed by atoms with Crippen molar-refractivity contribution < 1.29 is 14.7 Å². The second kappa shape index (κ2) is 10.8. The lowest BCUT2D eigenvalue weighted by atomic mass is 9.96. The molecule has 0 aliphatic heterocycles. The highest BCUT2D eigenvalue weighted by molar-refractivity contribution is 5.97. The van der Waals surface area contributed by atoms with Crippen molar-refractivity contribution in [2.45, 2.75) is 52.7 Å². The number of carbonyl (C=O) groups excluding carboxylic acids is 2. The Morgan fingerprint density at radius 2 is 1.72 bits per heavy atom. The lowest BCUT2D eigenvalue weighted by Crippen LogP contribution is -2.46. The summed E-state index contributed by atoms with van der Waals surface area (Å²) in [7, 11) is 0. The minimum atomic E-state index is -0.585. The van der Waals surface area contributed by atoms with E-state index in [4.69, 9.17) is 10.8 Å². The highest BCUT2D eigenvalue weighted by Gasteiger charge is 2.24. The van der Waals surface area contributed by atoms with Crippen LogP contribution in [-0.4, -0.2) is 29.5 Å². The third kappa shape index (κ3) is 7.23. The van der Waals surface area contributed by atoms with E-state index in [1.54, 1.807) is 24.3 Å². The van der Waals surface area contributed by atoms with E-state index >= 15 is 0 Å². The number of rotatable bonds is 10. The fourth-order valence-electron chi connectivity index (χ4n) is 2.29. The average Bonchev–Trinajstić information content (AvgIpc) is 2.60. The molecule has 0 aromatic heterocycles. The first-order valence-electron chi connectivity index (χ1n) is 8.90. The second-order valence-electron chi connectivity index (χ2n) is 6.72. The van der Waals surface area contributed by atoms with Gasteiger partial charge in [-0.1, -0.05) is 32.9 Å². The summed E-state index contributed by atoms with van der Waals surface area (Å²) in [5.74, 6) is -0.302. The standard InChI is InChI=1S/C19H31N3O3/c1-13(2)14(3)18(24)22-17(6-4-5-11-20)19(25)21-16-9-7-15(12-23)8-10-16/h7-10,13-14,17,23H,4-6,11-12,20H2,1-3H3,(H,21,25)(H,22,24)/t14-,17-/m0/s1. The van der Waals surface area contributed by atoms with Gasteiger partial charge in [0.05, 0.1) is 6.61 Å². The van der Waals surface area contributed by atoms with Gasteiger partial charge < -0.3 is 21.5 Å². The Morgan fingerprint density at radius 1 is 1.08 bits per heavy atom. The molecule has 0 radical (unpaired) electrons. The summed E-state index contributed by atoms with van der Waals surface area (Å²) in [5.41, 5.74) is 6.93. The summed E-state index contributed by atoms with van der Waals surface area (Å²) in [6, 6.07) is 6.38. The number of nitrogens with one attached hydrogen (secondary N) is 2. The fourth-order valence-corrected chi connectivity index (χ4v) is 2.29.